The van der Waals surface area contributed by atoms with Gasteiger partial charge in [-0.3, -0.25) is 4.79 Å². The molecule has 1 aliphatic heterocycles. The van der Waals surface area contributed by atoms with E-state index in [1.165, 1.54) is 44.9 Å². The minimum atomic E-state index is 0.267. The standard InChI is InChI=1S/C16H30N2OS/c1-18-10-7-14(8-11-18)13-16(19)17-9-12-20-15-5-3-2-4-6-15/h14-15H,2-13H2,1H3,(H,17,19). The number of nitrogens with zero attached hydrogens (tertiary/aromatic N) is 1. The SMILES string of the molecule is CN1CCC(CC(=O)NCCSC2CCCCC2)CC1. The summed E-state index contributed by atoms with van der Waals surface area (Å²) in [6.45, 7) is 3.15. The van der Waals surface area contributed by atoms with Gasteiger partial charge in [-0.15, -0.1) is 0 Å². The Morgan fingerprint density at radius 2 is 1.85 bits per heavy atom. The molecule has 2 fully saturated rings. The van der Waals surface area contributed by atoms with Gasteiger partial charge in [0.2, 0.25) is 5.91 Å². The highest BCUT2D eigenvalue weighted by molar-refractivity contribution is 7.99. The first-order valence-corrected chi connectivity index (χ1v) is 9.36. The molecule has 1 aliphatic carbocycles. The van der Waals surface area contributed by atoms with Crippen LogP contribution >= 0.6 is 11.8 Å². The van der Waals surface area contributed by atoms with Crippen molar-refractivity contribution in [3.05, 3.63) is 0 Å². The van der Waals surface area contributed by atoms with Crippen molar-refractivity contribution in [3.63, 3.8) is 0 Å². The molecule has 0 spiro atoms. The van der Waals surface area contributed by atoms with E-state index in [0.29, 0.717) is 5.92 Å². The second-order valence-corrected chi connectivity index (χ2v) is 7.84. The largest absolute Gasteiger partial charge is 0.355 e. The van der Waals surface area contributed by atoms with Gasteiger partial charge in [0.05, 0.1) is 0 Å². The van der Waals surface area contributed by atoms with Gasteiger partial charge in [-0.25, -0.2) is 0 Å². The van der Waals surface area contributed by atoms with E-state index >= 15 is 0 Å². The Bertz CT molecular complexity index is 284. The maximum atomic E-state index is 11.9. The Hall–Kier alpha value is -0.220. The third-order valence-corrected chi connectivity index (χ3v) is 6.02. The molecule has 0 radical (unpaired) electrons. The summed E-state index contributed by atoms with van der Waals surface area (Å²) in [5.41, 5.74) is 0. The molecule has 0 aromatic heterocycles. The summed E-state index contributed by atoms with van der Waals surface area (Å²) >= 11 is 2.06. The van der Waals surface area contributed by atoms with Crippen LogP contribution in [-0.4, -0.2) is 48.5 Å². The number of rotatable bonds is 6. The van der Waals surface area contributed by atoms with Crippen molar-refractivity contribution < 1.29 is 4.79 Å². The van der Waals surface area contributed by atoms with Crippen LogP contribution in [0.25, 0.3) is 0 Å². The molecule has 2 rings (SSSR count). The molecule has 1 saturated carbocycles. The maximum Gasteiger partial charge on any atom is 0.220 e. The van der Waals surface area contributed by atoms with Gasteiger partial charge in [-0.05, 0) is 51.7 Å². The van der Waals surface area contributed by atoms with Gasteiger partial charge >= 0.3 is 0 Å². The lowest BCUT2D eigenvalue weighted by atomic mass is 9.93. The molecule has 3 nitrogen and oxygen atoms in total. The quantitative estimate of drug-likeness (QED) is 0.765. The van der Waals surface area contributed by atoms with E-state index in [1.807, 2.05) is 0 Å². The summed E-state index contributed by atoms with van der Waals surface area (Å²) < 4.78 is 0. The highest BCUT2D eigenvalue weighted by Crippen LogP contribution is 2.27. The number of likely N-dealkylation sites (tertiary alicyclic amines) is 1. The van der Waals surface area contributed by atoms with E-state index in [9.17, 15) is 4.79 Å². The molecule has 0 aromatic rings. The lowest BCUT2D eigenvalue weighted by molar-refractivity contribution is -0.122. The van der Waals surface area contributed by atoms with Crippen LogP contribution in [-0.2, 0) is 4.79 Å². The third kappa shape index (κ3) is 6.04. The number of carbonyl (C=O) groups is 1. The zero-order chi connectivity index (χ0) is 14.2. The third-order valence-electron chi connectivity index (χ3n) is 4.64. The van der Waals surface area contributed by atoms with E-state index in [-0.39, 0.29) is 5.91 Å². The molecular weight excluding hydrogens is 268 g/mol. The zero-order valence-corrected chi connectivity index (χ0v) is 13.7. The molecular formula is C16H30N2OS. The van der Waals surface area contributed by atoms with Crippen LogP contribution < -0.4 is 5.32 Å². The van der Waals surface area contributed by atoms with Crippen molar-refractivity contribution in [1.82, 2.24) is 10.2 Å². The first kappa shape index (κ1) is 16.2. The number of carbonyl (C=O) groups excluding carboxylic acids is 1. The molecule has 116 valence electrons. The minimum Gasteiger partial charge on any atom is -0.355 e. The summed E-state index contributed by atoms with van der Waals surface area (Å²) in [6.07, 6.45) is 10.1. The van der Waals surface area contributed by atoms with Crippen LogP contribution in [0.4, 0.5) is 0 Å². The van der Waals surface area contributed by atoms with E-state index in [4.69, 9.17) is 0 Å². The molecule has 1 N–H and O–H groups in total. The van der Waals surface area contributed by atoms with Gasteiger partial charge in [0.1, 0.15) is 0 Å². The molecule has 1 saturated heterocycles. The van der Waals surface area contributed by atoms with Crippen LogP contribution in [0.2, 0.25) is 0 Å². The number of hydrogen-bond donors (Lipinski definition) is 1. The fourth-order valence-electron chi connectivity index (χ4n) is 3.25. The molecule has 0 aromatic carbocycles. The van der Waals surface area contributed by atoms with Crippen molar-refractivity contribution in [1.29, 1.82) is 0 Å². The zero-order valence-electron chi connectivity index (χ0n) is 12.9. The highest BCUT2D eigenvalue weighted by atomic mass is 32.2. The topological polar surface area (TPSA) is 32.3 Å². The van der Waals surface area contributed by atoms with Crippen LogP contribution in [0.1, 0.15) is 51.4 Å². The highest BCUT2D eigenvalue weighted by Gasteiger charge is 2.19. The predicted octanol–water partition coefficient (Wildman–Crippen LogP) is 2.90. The molecule has 2 aliphatic rings. The number of hydrogen-bond acceptors (Lipinski definition) is 3. The normalized spacial score (nSPS) is 22.9. The van der Waals surface area contributed by atoms with E-state index in [2.05, 4.69) is 29.0 Å². The molecule has 0 unspecified atom stereocenters. The van der Waals surface area contributed by atoms with Crippen molar-refractivity contribution in [2.24, 2.45) is 5.92 Å². The fourth-order valence-corrected chi connectivity index (χ4v) is 4.47. The van der Waals surface area contributed by atoms with Gasteiger partial charge < -0.3 is 10.2 Å². The Balaban J connectivity index is 1.49. The molecule has 4 heteroatoms. The fraction of sp³-hybridized carbons (Fsp3) is 0.938. The smallest absolute Gasteiger partial charge is 0.220 e. The Kier molecular flexibility index (Phi) is 7.22. The number of amides is 1. The van der Waals surface area contributed by atoms with Crippen molar-refractivity contribution in [2.75, 3.05) is 32.4 Å². The van der Waals surface area contributed by atoms with E-state index in [1.54, 1.807) is 0 Å². The maximum absolute atomic E-state index is 11.9. The van der Waals surface area contributed by atoms with Crippen molar-refractivity contribution in [2.45, 2.75) is 56.6 Å². The van der Waals surface area contributed by atoms with Gasteiger partial charge in [-0.1, -0.05) is 19.3 Å². The van der Waals surface area contributed by atoms with Gasteiger partial charge in [-0.2, -0.15) is 11.8 Å². The second-order valence-electron chi connectivity index (χ2n) is 6.43. The Morgan fingerprint density at radius 3 is 2.55 bits per heavy atom. The van der Waals surface area contributed by atoms with Crippen molar-refractivity contribution in [3.8, 4) is 0 Å². The summed E-state index contributed by atoms with van der Waals surface area (Å²) in [5.74, 6) is 1.96. The molecule has 1 heterocycles. The lowest BCUT2D eigenvalue weighted by Gasteiger charge is -2.28. The number of piperidine rings is 1. The van der Waals surface area contributed by atoms with Gasteiger partial charge in [0.15, 0.2) is 0 Å². The van der Waals surface area contributed by atoms with Crippen LogP contribution in [0.15, 0.2) is 0 Å². The molecule has 0 bridgehead atoms. The van der Waals surface area contributed by atoms with Crippen molar-refractivity contribution >= 4 is 17.7 Å². The average molecular weight is 298 g/mol. The summed E-state index contributed by atoms with van der Waals surface area (Å²) in [7, 11) is 2.17. The summed E-state index contributed by atoms with van der Waals surface area (Å²) in [4.78, 5) is 14.3. The van der Waals surface area contributed by atoms with Gasteiger partial charge in [0.25, 0.3) is 0 Å². The lowest BCUT2D eigenvalue weighted by Crippen LogP contribution is -2.34. The monoisotopic (exact) mass is 298 g/mol. The minimum absolute atomic E-state index is 0.267. The summed E-state index contributed by atoms with van der Waals surface area (Å²) in [5, 5.41) is 3.96. The van der Waals surface area contributed by atoms with E-state index < -0.39 is 0 Å². The summed E-state index contributed by atoms with van der Waals surface area (Å²) in [6, 6.07) is 0. The molecule has 20 heavy (non-hydrogen) atoms. The number of thioether (sulfide) groups is 1. The average Bonchev–Trinajstić information content (AvgIpc) is 2.47. The Morgan fingerprint density at radius 1 is 1.15 bits per heavy atom. The second kappa shape index (κ2) is 8.93. The first-order chi connectivity index (χ1) is 9.74. The molecule has 0 atom stereocenters. The van der Waals surface area contributed by atoms with Crippen LogP contribution in [0.3, 0.4) is 0 Å². The van der Waals surface area contributed by atoms with Gasteiger partial charge in [0, 0.05) is 24.0 Å². The first-order valence-electron chi connectivity index (χ1n) is 8.31. The Labute approximate surface area is 128 Å². The predicted molar refractivity (Wildman–Crippen MR) is 87.2 cm³/mol. The number of nitrogens with one attached hydrogen (secondary N) is 1. The van der Waals surface area contributed by atoms with Crippen LogP contribution in [0, 0.1) is 5.92 Å². The molecule has 1 amide bonds. The van der Waals surface area contributed by atoms with E-state index in [0.717, 1.165) is 37.1 Å². The van der Waals surface area contributed by atoms with Crippen LogP contribution in [0.5, 0.6) is 0 Å².